The molecule has 0 aliphatic rings. The van der Waals surface area contributed by atoms with Crippen molar-refractivity contribution in [3.8, 4) is 0 Å². The number of halogens is 3. The van der Waals surface area contributed by atoms with Gasteiger partial charge in [-0.3, -0.25) is 0 Å². The van der Waals surface area contributed by atoms with Crippen molar-refractivity contribution in [2.45, 2.75) is 38.7 Å². The van der Waals surface area contributed by atoms with Crippen LogP contribution in [0.5, 0.6) is 0 Å². The standard InChI is InChI=1S/C7H13F3O2/c1-5(11)6(2)12-4-3-7(8,9)10/h5-6,11H,3-4H2,1-2H3/t5-,6?/m1/s1. The molecule has 0 amide bonds. The van der Waals surface area contributed by atoms with Gasteiger partial charge in [0.1, 0.15) is 0 Å². The first kappa shape index (κ1) is 11.7. The van der Waals surface area contributed by atoms with Gasteiger partial charge in [0.25, 0.3) is 0 Å². The van der Waals surface area contributed by atoms with Crippen LogP contribution < -0.4 is 0 Å². The monoisotopic (exact) mass is 186 g/mol. The van der Waals surface area contributed by atoms with Gasteiger partial charge in [-0.25, -0.2) is 0 Å². The summed E-state index contributed by atoms with van der Waals surface area (Å²) in [4.78, 5) is 0. The van der Waals surface area contributed by atoms with Gasteiger partial charge >= 0.3 is 6.18 Å². The van der Waals surface area contributed by atoms with Crippen molar-refractivity contribution in [3.63, 3.8) is 0 Å². The quantitative estimate of drug-likeness (QED) is 0.724. The van der Waals surface area contributed by atoms with E-state index < -0.39 is 31.4 Å². The van der Waals surface area contributed by atoms with E-state index in [2.05, 4.69) is 0 Å². The number of aliphatic hydroxyl groups is 1. The minimum atomic E-state index is -4.18. The molecule has 0 aromatic carbocycles. The molecule has 0 saturated carbocycles. The Hall–Kier alpha value is -0.290. The van der Waals surface area contributed by atoms with Crippen molar-refractivity contribution in [1.82, 2.24) is 0 Å². The first-order valence-electron chi connectivity index (χ1n) is 3.69. The van der Waals surface area contributed by atoms with Gasteiger partial charge in [-0.15, -0.1) is 0 Å². The molecule has 2 nitrogen and oxygen atoms in total. The van der Waals surface area contributed by atoms with E-state index in [9.17, 15) is 13.2 Å². The van der Waals surface area contributed by atoms with Crippen LogP contribution in [0.4, 0.5) is 13.2 Å². The highest BCUT2D eigenvalue weighted by molar-refractivity contribution is 4.57. The van der Waals surface area contributed by atoms with E-state index in [0.29, 0.717) is 0 Å². The summed E-state index contributed by atoms with van der Waals surface area (Å²) in [6.07, 6.45) is -6.44. The molecular weight excluding hydrogens is 173 g/mol. The molecule has 1 unspecified atom stereocenters. The van der Waals surface area contributed by atoms with Crippen LogP contribution in [0.1, 0.15) is 20.3 Å². The average molecular weight is 186 g/mol. The summed E-state index contributed by atoms with van der Waals surface area (Å²) in [5.41, 5.74) is 0. The molecule has 0 aromatic heterocycles. The second kappa shape index (κ2) is 4.67. The summed E-state index contributed by atoms with van der Waals surface area (Å²) in [6, 6.07) is 0. The average Bonchev–Trinajstić information content (AvgIpc) is 1.84. The van der Waals surface area contributed by atoms with Gasteiger partial charge in [-0.2, -0.15) is 13.2 Å². The van der Waals surface area contributed by atoms with Crippen LogP contribution in [0.25, 0.3) is 0 Å². The molecule has 0 aliphatic carbocycles. The molecular formula is C7H13F3O2. The lowest BCUT2D eigenvalue weighted by Crippen LogP contribution is -2.24. The lowest BCUT2D eigenvalue weighted by atomic mass is 10.2. The Kier molecular flexibility index (Phi) is 4.55. The molecule has 5 heteroatoms. The molecule has 0 bridgehead atoms. The first-order chi connectivity index (χ1) is 5.33. The maximum atomic E-state index is 11.6. The first-order valence-corrected chi connectivity index (χ1v) is 3.69. The zero-order valence-corrected chi connectivity index (χ0v) is 7.06. The topological polar surface area (TPSA) is 29.5 Å². The summed E-state index contributed by atoms with van der Waals surface area (Å²) in [6.45, 7) is 2.61. The second-order valence-corrected chi connectivity index (χ2v) is 2.68. The Labute approximate surface area is 69.3 Å². The van der Waals surface area contributed by atoms with Crippen LogP contribution in [0.2, 0.25) is 0 Å². The van der Waals surface area contributed by atoms with Crippen LogP contribution in [0.15, 0.2) is 0 Å². The van der Waals surface area contributed by atoms with Gasteiger partial charge in [0.2, 0.25) is 0 Å². The van der Waals surface area contributed by atoms with Gasteiger partial charge in [0.15, 0.2) is 0 Å². The Morgan fingerprint density at radius 2 is 1.83 bits per heavy atom. The molecule has 0 fully saturated rings. The van der Waals surface area contributed by atoms with Crippen molar-refractivity contribution in [1.29, 1.82) is 0 Å². The normalized spacial score (nSPS) is 17.5. The SMILES string of the molecule is CC(OCCC(F)(F)F)[C@@H](C)O. The maximum Gasteiger partial charge on any atom is 0.391 e. The summed E-state index contributed by atoms with van der Waals surface area (Å²) < 4.78 is 39.4. The molecule has 0 rings (SSSR count). The summed E-state index contributed by atoms with van der Waals surface area (Å²) in [5.74, 6) is 0. The molecule has 0 spiro atoms. The van der Waals surface area contributed by atoms with Crippen molar-refractivity contribution >= 4 is 0 Å². The minimum absolute atomic E-state index is 0.393. The zero-order chi connectivity index (χ0) is 9.78. The molecule has 0 radical (unpaired) electrons. The lowest BCUT2D eigenvalue weighted by molar-refractivity contribution is -0.152. The molecule has 1 N–H and O–H groups in total. The molecule has 0 aliphatic heterocycles. The molecule has 2 atom stereocenters. The predicted octanol–water partition coefficient (Wildman–Crippen LogP) is 1.72. The molecule has 0 heterocycles. The maximum absolute atomic E-state index is 11.6. The third-order valence-corrected chi connectivity index (χ3v) is 1.45. The molecule has 74 valence electrons. The van der Waals surface area contributed by atoms with Gasteiger partial charge in [0.05, 0.1) is 25.2 Å². The smallest absolute Gasteiger partial charge is 0.391 e. The number of rotatable bonds is 4. The van der Waals surface area contributed by atoms with Gasteiger partial charge < -0.3 is 9.84 Å². The number of hydrogen-bond acceptors (Lipinski definition) is 2. The molecule has 0 aromatic rings. The van der Waals surface area contributed by atoms with E-state index in [1.807, 2.05) is 0 Å². The third kappa shape index (κ3) is 6.42. The Morgan fingerprint density at radius 1 is 1.33 bits per heavy atom. The number of hydrogen-bond donors (Lipinski definition) is 1. The van der Waals surface area contributed by atoms with Crippen LogP contribution in [-0.4, -0.2) is 30.1 Å². The molecule has 0 saturated heterocycles. The van der Waals surface area contributed by atoms with E-state index in [-0.39, 0.29) is 0 Å². The Morgan fingerprint density at radius 3 is 2.17 bits per heavy atom. The fraction of sp³-hybridized carbons (Fsp3) is 1.00. The number of alkyl halides is 3. The van der Waals surface area contributed by atoms with Crippen LogP contribution >= 0.6 is 0 Å². The highest BCUT2D eigenvalue weighted by Crippen LogP contribution is 2.19. The number of aliphatic hydroxyl groups excluding tert-OH is 1. The van der Waals surface area contributed by atoms with Gasteiger partial charge in [-0.05, 0) is 13.8 Å². The van der Waals surface area contributed by atoms with Gasteiger partial charge in [-0.1, -0.05) is 0 Å². The summed E-state index contributed by atoms with van der Waals surface area (Å²) >= 11 is 0. The Balaban J connectivity index is 3.44. The van der Waals surface area contributed by atoms with E-state index in [0.717, 1.165) is 0 Å². The van der Waals surface area contributed by atoms with E-state index in [1.54, 1.807) is 0 Å². The third-order valence-electron chi connectivity index (χ3n) is 1.45. The van der Waals surface area contributed by atoms with Crippen molar-refractivity contribution < 1.29 is 23.0 Å². The van der Waals surface area contributed by atoms with Gasteiger partial charge in [0, 0.05) is 0 Å². The van der Waals surface area contributed by atoms with E-state index in [4.69, 9.17) is 9.84 Å². The van der Waals surface area contributed by atoms with Crippen molar-refractivity contribution in [3.05, 3.63) is 0 Å². The lowest BCUT2D eigenvalue weighted by Gasteiger charge is -2.16. The van der Waals surface area contributed by atoms with E-state index >= 15 is 0 Å². The van der Waals surface area contributed by atoms with Crippen LogP contribution in [0, 0.1) is 0 Å². The predicted molar refractivity (Wildman–Crippen MR) is 37.8 cm³/mol. The zero-order valence-electron chi connectivity index (χ0n) is 7.06. The van der Waals surface area contributed by atoms with Crippen molar-refractivity contribution in [2.75, 3.05) is 6.61 Å². The van der Waals surface area contributed by atoms with Crippen LogP contribution in [-0.2, 0) is 4.74 Å². The highest BCUT2D eigenvalue weighted by atomic mass is 19.4. The fourth-order valence-electron chi connectivity index (χ4n) is 0.500. The largest absolute Gasteiger partial charge is 0.391 e. The minimum Gasteiger partial charge on any atom is -0.391 e. The summed E-state index contributed by atoms with van der Waals surface area (Å²) in [7, 11) is 0. The second-order valence-electron chi connectivity index (χ2n) is 2.68. The Bertz CT molecular complexity index is 122. The fourth-order valence-corrected chi connectivity index (χ4v) is 0.500. The van der Waals surface area contributed by atoms with E-state index in [1.165, 1.54) is 13.8 Å². The summed E-state index contributed by atoms with van der Waals surface area (Å²) in [5, 5.41) is 8.84. The molecule has 12 heavy (non-hydrogen) atoms. The highest BCUT2D eigenvalue weighted by Gasteiger charge is 2.27. The van der Waals surface area contributed by atoms with Crippen LogP contribution in [0.3, 0.4) is 0 Å². The van der Waals surface area contributed by atoms with Crippen molar-refractivity contribution in [2.24, 2.45) is 0 Å². The number of ether oxygens (including phenoxy) is 1.